The average Bonchev–Trinajstić information content (AvgIpc) is 3.41. The third-order valence-electron chi connectivity index (χ3n) is 7.21. The van der Waals surface area contributed by atoms with Crippen LogP contribution in [0.5, 0.6) is 5.75 Å². The van der Waals surface area contributed by atoms with Crippen molar-refractivity contribution in [3.05, 3.63) is 47.8 Å². The lowest BCUT2D eigenvalue weighted by Gasteiger charge is -2.36. The normalized spacial score (nSPS) is 21.7. The van der Waals surface area contributed by atoms with Gasteiger partial charge in [-0.2, -0.15) is 5.10 Å². The number of amides is 2. The van der Waals surface area contributed by atoms with Crippen LogP contribution in [0.25, 0.3) is 0 Å². The van der Waals surface area contributed by atoms with Gasteiger partial charge in [0.05, 0.1) is 18.4 Å². The lowest BCUT2D eigenvalue weighted by atomic mass is 9.78. The molecule has 0 bridgehead atoms. The Hall–Kier alpha value is -2.83. The molecule has 2 aliphatic heterocycles. The molecule has 2 aliphatic rings. The molecule has 2 atom stereocenters. The molecular weight excluding hydrogens is 404 g/mol. The van der Waals surface area contributed by atoms with Crippen LogP contribution in [0.1, 0.15) is 42.7 Å². The number of carbonyl (C=O) groups excluding carboxylic acids is 2. The Morgan fingerprint density at radius 2 is 1.81 bits per heavy atom. The van der Waals surface area contributed by atoms with Crippen molar-refractivity contribution in [2.24, 2.45) is 17.8 Å². The van der Waals surface area contributed by atoms with Crippen LogP contribution in [0.4, 0.5) is 0 Å². The van der Waals surface area contributed by atoms with Crippen LogP contribution in [-0.2, 0) is 11.3 Å². The molecule has 0 unspecified atom stereocenters. The van der Waals surface area contributed by atoms with Crippen LogP contribution in [0.15, 0.2) is 36.5 Å². The molecule has 3 heterocycles. The van der Waals surface area contributed by atoms with Gasteiger partial charge in [-0.25, -0.2) is 0 Å². The molecule has 2 aromatic rings. The van der Waals surface area contributed by atoms with E-state index < -0.39 is 0 Å². The molecule has 7 nitrogen and oxygen atoms in total. The number of nitrogens with zero attached hydrogens (tertiary/aromatic N) is 4. The smallest absolute Gasteiger partial charge is 0.257 e. The summed E-state index contributed by atoms with van der Waals surface area (Å²) in [5.41, 5.74) is 1.65. The van der Waals surface area contributed by atoms with E-state index in [1.165, 1.54) is 0 Å². The summed E-state index contributed by atoms with van der Waals surface area (Å²) in [4.78, 5) is 29.0. The number of hydrogen-bond acceptors (Lipinski definition) is 4. The van der Waals surface area contributed by atoms with Gasteiger partial charge in [-0.1, -0.05) is 18.2 Å². The minimum absolute atomic E-state index is 0.0846. The van der Waals surface area contributed by atoms with Gasteiger partial charge >= 0.3 is 0 Å². The number of para-hydroxylation sites is 1. The molecule has 2 fully saturated rings. The van der Waals surface area contributed by atoms with E-state index in [9.17, 15) is 9.59 Å². The first kappa shape index (κ1) is 22.4. The Bertz CT molecular complexity index is 934. The summed E-state index contributed by atoms with van der Waals surface area (Å²) >= 11 is 0. The predicted molar refractivity (Wildman–Crippen MR) is 122 cm³/mol. The third-order valence-corrected chi connectivity index (χ3v) is 7.21. The maximum absolute atomic E-state index is 13.0. The van der Waals surface area contributed by atoms with Crippen molar-refractivity contribution < 1.29 is 14.3 Å². The second-order valence-electron chi connectivity index (χ2n) is 9.06. The van der Waals surface area contributed by atoms with E-state index in [1.807, 2.05) is 58.7 Å². The van der Waals surface area contributed by atoms with Crippen LogP contribution in [-0.4, -0.2) is 64.2 Å². The Kier molecular flexibility index (Phi) is 6.82. The van der Waals surface area contributed by atoms with Gasteiger partial charge < -0.3 is 14.5 Å². The van der Waals surface area contributed by atoms with E-state index in [1.54, 1.807) is 13.1 Å². The maximum atomic E-state index is 13.0. The molecule has 7 heteroatoms. The first-order valence-corrected chi connectivity index (χ1v) is 11.7. The quantitative estimate of drug-likeness (QED) is 0.694. The van der Waals surface area contributed by atoms with Crippen molar-refractivity contribution in [3.63, 3.8) is 0 Å². The highest BCUT2D eigenvalue weighted by atomic mass is 16.5. The summed E-state index contributed by atoms with van der Waals surface area (Å²) in [5.74, 6) is 2.30. The summed E-state index contributed by atoms with van der Waals surface area (Å²) < 4.78 is 7.94. The van der Waals surface area contributed by atoms with Crippen molar-refractivity contribution in [1.82, 2.24) is 19.6 Å². The van der Waals surface area contributed by atoms with Gasteiger partial charge in [-0.05, 0) is 50.7 Å². The number of hydrogen-bond donors (Lipinski definition) is 0. The van der Waals surface area contributed by atoms with Crippen LogP contribution in [0.2, 0.25) is 0 Å². The molecule has 2 amide bonds. The van der Waals surface area contributed by atoms with Crippen LogP contribution < -0.4 is 4.74 Å². The zero-order valence-electron chi connectivity index (χ0n) is 19.4. The Morgan fingerprint density at radius 1 is 1.09 bits per heavy atom. The Labute approximate surface area is 190 Å². The summed E-state index contributed by atoms with van der Waals surface area (Å²) in [6.07, 6.45) is 3.63. The second kappa shape index (κ2) is 9.76. The van der Waals surface area contributed by atoms with Crippen molar-refractivity contribution in [1.29, 1.82) is 0 Å². The molecule has 1 aromatic heterocycles. The monoisotopic (exact) mass is 438 g/mol. The van der Waals surface area contributed by atoms with Gasteiger partial charge in [0.25, 0.3) is 5.91 Å². The molecule has 32 heavy (non-hydrogen) atoms. The average molecular weight is 439 g/mol. The van der Waals surface area contributed by atoms with Crippen LogP contribution in [0, 0.1) is 24.7 Å². The lowest BCUT2D eigenvalue weighted by molar-refractivity contribution is -0.128. The Balaban J connectivity index is 1.38. The minimum Gasteiger partial charge on any atom is -0.493 e. The highest BCUT2D eigenvalue weighted by molar-refractivity contribution is 5.95. The second-order valence-corrected chi connectivity index (χ2v) is 9.06. The minimum atomic E-state index is 0.0846. The summed E-state index contributed by atoms with van der Waals surface area (Å²) in [6, 6.07) is 9.87. The third kappa shape index (κ3) is 4.66. The summed E-state index contributed by atoms with van der Waals surface area (Å²) in [6.45, 7) is 10.1. The van der Waals surface area contributed by atoms with Crippen LogP contribution >= 0.6 is 0 Å². The molecule has 1 aromatic carbocycles. The fourth-order valence-electron chi connectivity index (χ4n) is 5.26. The molecule has 0 saturated carbocycles. The largest absolute Gasteiger partial charge is 0.493 e. The number of ether oxygens (including phenoxy) is 1. The van der Waals surface area contributed by atoms with E-state index in [0.29, 0.717) is 29.9 Å². The fraction of sp³-hybridized carbons (Fsp3) is 0.560. The Morgan fingerprint density at radius 3 is 2.44 bits per heavy atom. The standard InChI is InChI=1S/C25H34N4O3/c1-4-29-18(2)23(14-26-29)25(31)27-12-10-20(11-13-27)24-16-28(19(3)30)15-21(24)17-32-22-8-6-5-7-9-22/h5-9,14,20-21,24H,4,10-13,15-17H2,1-3H3/t21-,24-/m0/s1. The van der Waals surface area contributed by atoms with E-state index >= 15 is 0 Å². The van der Waals surface area contributed by atoms with E-state index in [0.717, 1.165) is 57.0 Å². The van der Waals surface area contributed by atoms with Crippen molar-refractivity contribution in [2.45, 2.75) is 40.2 Å². The van der Waals surface area contributed by atoms with Gasteiger partial charge in [-0.15, -0.1) is 0 Å². The highest BCUT2D eigenvalue weighted by Gasteiger charge is 2.40. The van der Waals surface area contributed by atoms with Crippen molar-refractivity contribution in [2.75, 3.05) is 32.8 Å². The zero-order chi connectivity index (χ0) is 22.7. The SMILES string of the molecule is CCn1ncc(C(=O)N2CCC([C@@H]3CN(C(C)=O)C[C@H]3COc3ccccc3)CC2)c1C. The maximum Gasteiger partial charge on any atom is 0.257 e. The molecule has 0 aliphatic carbocycles. The van der Waals surface area contributed by atoms with Crippen LogP contribution in [0.3, 0.4) is 0 Å². The molecule has 0 spiro atoms. The fourth-order valence-corrected chi connectivity index (χ4v) is 5.26. The number of aryl methyl sites for hydroxylation is 1. The number of rotatable bonds is 6. The van der Waals surface area contributed by atoms with E-state index in [4.69, 9.17) is 4.74 Å². The van der Waals surface area contributed by atoms with Gasteiger partial charge in [0.15, 0.2) is 0 Å². The molecule has 2 saturated heterocycles. The molecule has 0 N–H and O–H groups in total. The summed E-state index contributed by atoms with van der Waals surface area (Å²) in [7, 11) is 0. The molecule has 4 rings (SSSR count). The summed E-state index contributed by atoms with van der Waals surface area (Å²) in [5, 5.41) is 4.33. The predicted octanol–water partition coefficient (Wildman–Crippen LogP) is 3.24. The van der Waals surface area contributed by atoms with Gasteiger partial charge in [0.1, 0.15) is 5.75 Å². The van der Waals surface area contributed by atoms with E-state index in [-0.39, 0.29) is 11.8 Å². The first-order valence-electron chi connectivity index (χ1n) is 11.7. The number of carbonyl (C=O) groups is 2. The number of piperidine rings is 1. The number of aromatic nitrogens is 2. The molecule has 172 valence electrons. The topological polar surface area (TPSA) is 67.7 Å². The van der Waals surface area contributed by atoms with E-state index in [2.05, 4.69) is 5.10 Å². The molecular formula is C25H34N4O3. The van der Waals surface area contributed by atoms with Gasteiger partial charge in [-0.3, -0.25) is 14.3 Å². The highest BCUT2D eigenvalue weighted by Crippen LogP contribution is 2.36. The number of benzene rings is 1. The first-order chi connectivity index (χ1) is 15.5. The molecule has 0 radical (unpaired) electrons. The van der Waals surface area contributed by atoms with Crippen molar-refractivity contribution >= 4 is 11.8 Å². The van der Waals surface area contributed by atoms with Crippen molar-refractivity contribution in [3.8, 4) is 5.75 Å². The zero-order valence-corrected chi connectivity index (χ0v) is 19.4. The lowest BCUT2D eigenvalue weighted by Crippen LogP contribution is -2.42. The van der Waals surface area contributed by atoms with Gasteiger partial charge in [0, 0.05) is 51.3 Å². The number of likely N-dealkylation sites (tertiary alicyclic amines) is 2. The van der Waals surface area contributed by atoms with Gasteiger partial charge in [0.2, 0.25) is 5.91 Å².